The highest BCUT2D eigenvalue weighted by molar-refractivity contribution is 7.89. The zero-order valence-electron chi connectivity index (χ0n) is 16.1. The lowest BCUT2D eigenvalue weighted by Gasteiger charge is -2.35. The van der Waals surface area contributed by atoms with Crippen molar-refractivity contribution >= 4 is 21.9 Å². The Hall–Kier alpha value is -2.17. The van der Waals surface area contributed by atoms with Crippen LogP contribution in [0.15, 0.2) is 29.2 Å². The number of hydrogen-bond donors (Lipinski definition) is 2. The van der Waals surface area contributed by atoms with Crippen molar-refractivity contribution in [2.75, 3.05) is 26.8 Å². The lowest BCUT2D eigenvalue weighted by atomic mass is 10.0. The van der Waals surface area contributed by atoms with Crippen LogP contribution in [0.25, 0.3) is 0 Å². The number of carbonyl (C=O) groups is 2. The van der Waals surface area contributed by atoms with Crippen LogP contribution in [0.1, 0.15) is 20.3 Å². The fraction of sp³-hybridized carbons (Fsp3) is 0.556. The minimum Gasteiger partial charge on any atom is -0.497 e. The van der Waals surface area contributed by atoms with Crippen LogP contribution in [0.4, 0.5) is 0 Å². The van der Waals surface area contributed by atoms with Crippen molar-refractivity contribution in [3.8, 4) is 5.75 Å². The smallest absolute Gasteiger partial charge is 0.306 e. The number of morpholine rings is 1. The van der Waals surface area contributed by atoms with Gasteiger partial charge in [0.1, 0.15) is 11.8 Å². The normalized spacial score (nSPS) is 18.7. The minimum atomic E-state index is -3.92. The molecule has 0 spiro atoms. The molecule has 1 aliphatic heterocycles. The van der Waals surface area contributed by atoms with Crippen molar-refractivity contribution in [1.29, 1.82) is 0 Å². The topological polar surface area (TPSA) is 122 Å². The predicted octanol–water partition coefficient (Wildman–Crippen LogP) is 0.700. The number of hydrogen-bond acceptors (Lipinski definition) is 6. The maximum Gasteiger partial charge on any atom is 0.306 e. The summed E-state index contributed by atoms with van der Waals surface area (Å²) in [6, 6.07) is 4.88. The summed E-state index contributed by atoms with van der Waals surface area (Å²) in [7, 11) is -2.44. The Morgan fingerprint density at radius 1 is 1.32 bits per heavy atom. The van der Waals surface area contributed by atoms with Crippen LogP contribution >= 0.6 is 0 Å². The molecule has 0 bridgehead atoms. The predicted molar refractivity (Wildman–Crippen MR) is 101 cm³/mol. The number of carboxylic acid groups (broad SMARTS) is 1. The third kappa shape index (κ3) is 5.66. The summed E-state index contributed by atoms with van der Waals surface area (Å²) in [6.07, 6.45) is -0.825. The fourth-order valence-corrected chi connectivity index (χ4v) is 4.23. The summed E-state index contributed by atoms with van der Waals surface area (Å²) in [4.78, 5) is 25.3. The van der Waals surface area contributed by atoms with E-state index < -0.39 is 34.0 Å². The zero-order chi connectivity index (χ0) is 20.9. The summed E-state index contributed by atoms with van der Waals surface area (Å²) in [5.41, 5.74) is 0. The second kappa shape index (κ2) is 9.35. The number of nitrogens with zero attached hydrogens (tertiary/aromatic N) is 1. The SMILES string of the molecule is COc1ccc(S(=O)(=O)N[C@@H](C(=O)N2CCO[C@H](CC(=O)O)C2)C(C)C)cc1. The molecule has 0 aliphatic carbocycles. The Kier molecular flexibility index (Phi) is 7.39. The monoisotopic (exact) mass is 414 g/mol. The van der Waals surface area contributed by atoms with Crippen molar-refractivity contribution in [2.45, 2.75) is 37.3 Å². The maximum absolute atomic E-state index is 13.0. The van der Waals surface area contributed by atoms with Gasteiger partial charge in [-0.3, -0.25) is 9.59 Å². The van der Waals surface area contributed by atoms with Gasteiger partial charge in [-0.25, -0.2) is 8.42 Å². The summed E-state index contributed by atoms with van der Waals surface area (Å²) in [5, 5.41) is 8.92. The second-order valence-corrected chi connectivity index (χ2v) is 8.61. The van der Waals surface area contributed by atoms with Gasteiger partial charge in [0.2, 0.25) is 15.9 Å². The number of ether oxygens (including phenoxy) is 2. The molecule has 0 radical (unpaired) electrons. The third-order valence-electron chi connectivity index (χ3n) is 4.44. The third-order valence-corrected chi connectivity index (χ3v) is 5.89. The molecule has 156 valence electrons. The van der Waals surface area contributed by atoms with E-state index in [-0.39, 0.29) is 36.9 Å². The van der Waals surface area contributed by atoms with Crippen molar-refractivity contribution in [1.82, 2.24) is 9.62 Å². The van der Waals surface area contributed by atoms with Crippen molar-refractivity contribution in [2.24, 2.45) is 5.92 Å². The Balaban J connectivity index is 2.15. The van der Waals surface area contributed by atoms with Crippen LogP contribution in [0.3, 0.4) is 0 Å². The Labute approximate surface area is 164 Å². The zero-order valence-corrected chi connectivity index (χ0v) is 16.9. The van der Waals surface area contributed by atoms with Gasteiger partial charge in [-0.15, -0.1) is 0 Å². The van der Waals surface area contributed by atoms with Crippen molar-refractivity contribution in [3.05, 3.63) is 24.3 Å². The van der Waals surface area contributed by atoms with Gasteiger partial charge in [0.15, 0.2) is 0 Å². The van der Waals surface area contributed by atoms with Crippen LogP contribution in [0, 0.1) is 5.92 Å². The van der Waals surface area contributed by atoms with Gasteiger partial charge in [-0.2, -0.15) is 4.72 Å². The first kappa shape index (κ1) is 22.1. The average molecular weight is 414 g/mol. The standard InChI is InChI=1S/C18H26N2O7S/c1-12(2)17(18(23)20-8-9-27-14(11-20)10-16(21)22)19-28(24,25)15-6-4-13(26-3)5-7-15/h4-7,12,14,17,19H,8-11H2,1-3H3,(H,21,22)/t14-,17-/m1/s1. The highest BCUT2D eigenvalue weighted by Crippen LogP contribution is 2.18. The lowest BCUT2D eigenvalue weighted by Crippen LogP contribution is -2.55. The molecule has 1 fully saturated rings. The number of carboxylic acids is 1. The molecule has 1 heterocycles. The molecule has 1 amide bonds. The molecule has 10 heteroatoms. The molecule has 0 unspecified atom stereocenters. The van der Waals surface area contributed by atoms with Crippen molar-refractivity contribution in [3.63, 3.8) is 0 Å². The van der Waals surface area contributed by atoms with Gasteiger partial charge < -0.3 is 19.5 Å². The van der Waals surface area contributed by atoms with Gasteiger partial charge >= 0.3 is 5.97 Å². The maximum atomic E-state index is 13.0. The summed E-state index contributed by atoms with van der Waals surface area (Å²) < 4.78 is 38.3. The van der Waals surface area contributed by atoms with Gasteiger partial charge in [0.25, 0.3) is 0 Å². The second-order valence-electron chi connectivity index (χ2n) is 6.89. The van der Waals surface area contributed by atoms with Gasteiger partial charge in [0, 0.05) is 13.1 Å². The minimum absolute atomic E-state index is 0.0254. The van der Waals surface area contributed by atoms with E-state index in [9.17, 15) is 18.0 Å². The van der Waals surface area contributed by atoms with E-state index >= 15 is 0 Å². The fourth-order valence-electron chi connectivity index (χ4n) is 2.90. The molecular weight excluding hydrogens is 388 g/mol. The van der Waals surface area contributed by atoms with E-state index in [0.717, 1.165) is 0 Å². The number of benzene rings is 1. The number of methoxy groups -OCH3 is 1. The summed E-state index contributed by atoms with van der Waals surface area (Å²) >= 11 is 0. The van der Waals surface area contributed by atoms with E-state index in [4.69, 9.17) is 14.6 Å². The Morgan fingerprint density at radius 3 is 2.50 bits per heavy atom. The highest BCUT2D eigenvalue weighted by Gasteiger charge is 2.34. The van der Waals surface area contributed by atoms with Crippen molar-refractivity contribution < 1.29 is 32.6 Å². The number of rotatable bonds is 8. The van der Waals surface area contributed by atoms with E-state index in [2.05, 4.69) is 4.72 Å². The van der Waals surface area contributed by atoms with Crippen LogP contribution in [0.5, 0.6) is 5.75 Å². The van der Waals surface area contributed by atoms with Gasteiger partial charge in [-0.1, -0.05) is 13.8 Å². The Morgan fingerprint density at radius 2 is 1.96 bits per heavy atom. The van der Waals surface area contributed by atoms with Gasteiger partial charge in [-0.05, 0) is 30.2 Å². The molecule has 1 aromatic carbocycles. The molecule has 1 saturated heterocycles. The molecule has 2 atom stereocenters. The highest BCUT2D eigenvalue weighted by atomic mass is 32.2. The quantitative estimate of drug-likeness (QED) is 0.642. The van der Waals surface area contributed by atoms with E-state index in [0.29, 0.717) is 5.75 Å². The number of aliphatic carboxylic acids is 1. The molecule has 9 nitrogen and oxygen atoms in total. The first-order valence-corrected chi connectivity index (χ1v) is 10.4. The molecule has 1 aromatic rings. The summed E-state index contributed by atoms with van der Waals surface area (Å²) in [5.74, 6) is -1.19. The van der Waals surface area contributed by atoms with Crippen LogP contribution < -0.4 is 9.46 Å². The van der Waals surface area contributed by atoms with E-state index in [1.165, 1.54) is 36.3 Å². The first-order valence-electron chi connectivity index (χ1n) is 8.92. The molecule has 0 saturated carbocycles. The van der Waals surface area contributed by atoms with E-state index in [1.54, 1.807) is 13.8 Å². The number of sulfonamides is 1. The van der Waals surface area contributed by atoms with Crippen LogP contribution in [0.2, 0.25) is 0 Å². The first-order chi connectivity index (χ1) is 13.1. The van der Waals surface area contributed by atoms with Gasteiger partial charge in [0.05, 0.1) is 31.1 Å². The molecular formula is C18H26N2O7S. The number of amides is 1. The lowest BCUT2D eigenvalue weighted by molar-refractivity contribution is -0.149. The Bertz CT molecular complexity index is 793. The molecule has 0 aromatic heterocycles. The number of nitrogens with one attached hydrogen (secondary N) is 1. The average Bonchev–Trinajstić information content (AvgIpc) is 2.65. The summed E-state index contributed by atoms with van der Waals surface area (Å²) in [6.45, 7) is 4.09. The van der Waals surface area contributed by atoms with E-state index in [1.807, 2.05) is 0 Å². The van der Waals surface area contributed by atoms with Crippen LogP contribution in [-0.2, 0) is 24.3 Å². The molecule has 2 N–H and O–H groups in total. The number of carbonyl (C=O) groups excluding carboxylic acids is 1. The largest absolute Gasteiger partial charge is 0.497 e. The molecule has 1 aliphatic rings. The van der Waals surface area contributed by atoms with Crippen LogP contribution in [-0.4, -0.2) is 69.3 Å². The molecule has 28 heavy (non-hydrogen) atoms. The molecule has 2 rings (SSSR count).